The molecule has 1 heterocycles. The number of imide groups is 1. The first-order valence-electron chi connectivity index (χ1n) is 4.24. The first-order chi connectivity index (χ1) is 6.99. The van der Waals surface area contributed by atoms with Gasteiger partial charge in [-0.05, 0) is 6.92 Å². The van der Waals surface area contributed by atoms with Gasteiger partial charge >= 0.3 is 6.03 Å². The van der Waals surface area contributed by atoms with Gasteiger partial charge in [0.2, 0.25) is 5.91 Å². The van der Waals surface area contributed by atoms with Crippen LogP contribution in [0.5, 0.6) is 0 Å². The summed E-state index contributed by atoms with van der Waals surface area (Å²) in [7, 11) is 0. The summed E-state index contributed by atoms with van der Waals surface area (Å²) in [4.78, 5) is 21.4. The van der Waals surface area contributed by atoms with Crippen LogP contribution in [0.4, 0.5) is 4.79 Å². The van der Waals surface area contributed by atoms with Gasteiger partial charge in [0.25, 0.3) is 0 Å². The van der Waals surface area contributed by atoms with Gasteiger partial charge in [-0.3, -0.25) is 10.1 Å². The summed E-state index contributed by atoms with van der Waals surface area (Å²) in [5, 5.41) is 9.31. The number of carbonyl (C=O) groups excluding carboxylic acids is 2. The van der Waals surface area contributed by atoms with Gasteiger partial charge in [0.1, 0.15) is 6.54 Å². The highest BCUT2D eigenvalue weighted by Crippen LogP contribution is 2.02. The molecule has 5 N–H and O–H groups in total. The third-order valence-electron chi connectivity index (χ3n) is 1.59. The van der Waals surface area contributed by atoms with Crippen LogP contribution >= 0.6 is 0 Å². The topological polar surface area (TPSA) is 129 Å². The number of aromatic nitrogens is 3. The molecular weight excluding hydrogens is 200 g/mol. The van der Waals surface area contributed by atoms with Crippen LogP contribution in [-0.2, 0) is 11.3 Å². The van der Waals surface area contributed by atoms with Crippen LogP contribution in [0.25, 0.3) is 0 Å². The standard InChI is InChI=1S/C7H12N6O2/c1-4(8)5-2-13(12-11-5)3-6(14)10-7(9)15/h2,4H,3,8H2,1H3,(H3,9,10,14,15). The summed E-state index contributed by atoms with van der Waals surface area (Å²) in [6.45, 7) is 1.63. The molecule has 0 saturated carbocycles. The highest BCUT2D eigenvalue weighted by Gasteiger charge is 2.09. The van der Waals surface area contributed by atoms with E-state index in [0.29, 0.717) is 5.69 Å². The molecule has 1 aromatic heterocycles. The van der Waals surface area contributed by atoms with E-state index in [1.165, 1.54) is 10.9 Å². The van der Waals surface area contributed by atoms with Crippen molar-refractivity contribution in [3.8, 4) is 0 Å². The van der Waals surface area contributed by atoms with E-state index >= 15 is 0 Å². The van der Waals surface area contributed by atoms with Gasteiger partial charge in [0, 0.05) is 6.04 Å². The maximum Gasteiger partial charge on any atom is 0.318 e. The number of hydrogen-bond acceptors (Lipinski definition) is 5. The van der Waals surface area contributed by atoms with Crippen molar-refractivity contribution >= 4 is 11.9 Å². The molecule has 8 heteroatoms. The van der Waals surface area contributed by atoms with Crippen molar-refractivity contribution < 1.29 is 9.59 Å². The van der Waals surface area contributed by atoms with Crippen molar-refractivity contribution in [2.24, 2.45) is 11.5 Å². The second kappa shape index (κ2) is 4.51. The molecule has 0 bridgehead atoms. The summed E-state index contributed by atoms with van der Waals surface area (Å²) in [6.07, 6.45) is 1.53. The maximum atomic E-state index is 11.1. The summed E-state index contributed by atoms with van der Waals surface area (Å²) in [5.74, 6) is -0.552. The molecule has 0 aromatic carbocycles. The third-order valence-corrected chi connectivity index (χ3v) is 1.59. The largest absolute Gasteiger partial charge is 0.351 e. The molecule has 3 amide bonds. The van der Waals surface area contributed by atoms with Crippen molar-refractivity contribution in [3.05, 3.63) is 11.9 Å². The number of hydrogen-bond donors (Lipinski definition) is 3. The van der Waals surface area contributed by atoms with E-state index in [-0.39, 0.29) is 12.6 Å². The van der Waals surface area contributed by atoms with E-state index < -0.39 is 11.9 Å². The fourth-order valence-corrected chi connectivity index (χ4v) is 0.923. The van der Waals surface area contributed by atoms with E-state index in [0.717, 1.165) is 0 Å². The Hall–Kier alpha value is -1.96. The van der Waals surface area contributed by atoms with E-state index in [2.05, 4.69) is 10.3 Å². The van der Waals surface area contributed by atoms with Gasteiger partial charge in [-0.25, -0.2) is 9.48 Å². The molecule has 8 nitrogen and oxygen atoms in total. The van der Waals surface area contributed by atoms with Crippen molar-refractivity contribution in [1.82, 2.24) is 20.3 Å². The second-order valence-corrected chi connectivity index (χ2v) is 3.04. The van der Waals surface area contributed by atoms with Gasteiger partial charge in [0.15, 0.2) is 0 Å². The van der Waals surface area contributed by atoms with Crippen LogP contribution < -0.4 is 16.8 Å². The van der Waals surface area contributed by atoms with Crippen LogP contribution in [0.2, 0.25) is 0 Å². The third kappa shape index (κ3) is 3.35. The smallest absolute Gasteiger partial charge is 0.318 e. The molecule has 0 aliphatic heterocycles. The molecule has 82 valence electrons. The zero-order valence-corrected chi connectivity index (χ0v) is 8.17. The van der Waals surface area contributed by atoms with Crippen LogP contribution in [0, 0.1) is 0 Å². The van der Waals surface area contributed by atoms with E-state index in [1.807, 2.05) is 5.32 Å². The Morgan fingerprint density at radius 2 is 2.33 bits per heavy atom. The lowest BCUT2D eigenvalue weighted by atomic mass is 10.3. The monoisotopic (exact) mass is 212 g/mol. The number of amides is 3. The lowest BCUT2D eigenvalue weighted by Crippen LogP contribution is -2.37. The molecule has 0 spiro atoms. The molecule has 1 unspecified atom stereocenters. The Kier molecular flexibility index (Phi) is 3.34. The minimum Gasteiger partial charge on any atom is -0.351 e. The van der Waals surface area contributed by atoms with Gasteiger partial charge in [0.05, 0.1) is 11.9 Å². The van der Waals surface area contributed by atoms with Gasteiger partial charge in [-0.2, -0.15) is 0 Å². The van der Waals surface area contributed by atoms with Crippen molar-refractivity contribution in [1.29, 1.82) is 0 Å². The lowest BCUT2D eigenvalue weighted by molar-refractivity contribution is -0.120. The first kappa shape index (κ1) is 11.1. The zero-order valence-electron chi connectivity index (χ0n) is 8.17. The zero-order chi connectivity index (χ0) is 11.4. The molecule has 1 atom stereocenters. The number of urea groups is 1. The fraction of sp³-hybridized carbons (Fsp3) is 0.429. The molecule has 0 aliphatic carbocycles. The maximum absolute atomic E-state index is 11.1. The van der Waals surface area contributed by atoms with Gasteiger partial charge in [-0.1, -0.05) is 5.21 Å². The SMILES string of the molecule is CC(N)c1cn(CC(=O)NC(N)=O)nn1. The molecule has 0 saturated heterocycles. The first-order valence-corrected chi connectivity index (χ1v) is 4.24. The number of primary amides is 1. The highest BCUT2D eigenvalue weighted by molar-refractivity contribution is 5.93. The molecule has 1 rings (SSSR count). The van der Waals surface area contributed by atoms with Crippen LogP contribution in [0.1, 0.15) is 18.7 Å². The van der Waals surface area contributed by atoms with Crippen molar-refractivity contribution in [2.45, 2.75) is 19.5 Å². The molecule has 1 aromatic rings. The highest BCUT2D eigenvalue weighted by atomic mass is 16.2. The predicted molar refractivity (Wildman–Crippen MR) is 50.4 cm³/mol. The Balaban J connectivity index is 2.57. The van der Waals surface area contributed by atoms with Gasteiger partial charge < -0.3 is 11.5 Å². The number of nitrogens with two attached hydrogens (primary N) is 2. The Morgan fingerprint density at radius 3 is 2.80 bits per heavy atom. The van der Waals surface area contributed by atoms with E-state index in [9.17, 15) is 9.59 Å². The van der Waals surface area contributed by atoms with Crippen LogP contribution in [0.3, 0.4) is 0 Å². The molecule has 0 fully saturated rings. The van der Waals surface area contributed by atoms with E-state index in [4.69, 9.17) is 11.5 Å². The molecule has 15 heavy (non-hydrogen) atoms. The quantitative estimate of drug-likeness (QED) is 0.561. The lowest BCUT2D eigenvalue weighted by Gasteiger charge is -1.99. The second-order valence-electron chi connectivity index (χ2n) is 3.04. The van der Waals surface area contributed by atoms with Gasteiger partial charge in [-0.15, -0.1) is 5.10 Å². The van der Waals surface area contributed by atoms with Crippen LogP contribution in [-0.4, -0.2) is 26.9 Å². The molecule has 0 aliphatic rings. The normalized spacial score (nSPS) is 12.1. The Morgan fingerprint density at radius 1 is 1.67 bits per heavy atom. The number of carbonyl (C=O) groups is 2. The summed E-state index contributed by atoms with van der Waals surface area (Å²) >= 11 is 0. The minimum absolute atomic E-state index is 0.122. The number of nitrogens with zero attached hydrogens (tertiary/aromatic N) is 3. The minimum atomic E-state index is -0.896. The summed E-state index contributed by atoms with van der Waals surface area (Å²) in [6, 6.07) is -1.15. The number of rotatable bonds is 3. The summed E-state index contributed by atoms with van der Waals surface area (Å²) in [5.41, 5.74) is 10.9. The average molecular weight is 212 g/mol. The van der Waals surface area contributed by atoms with Crippen molar-refractivity contribution in [2.75, 3.05) is 0 Å². The van der Waals surface area contributed by atoms with Crippen molar-refractivity contribution in [3.63, 3.8) is 0 Å². The predicted octanol–water partition coefficient (Wildman–Crippen LogP) is -1.51. The average Bonchev–Trinajstić information content (AvgIpc) is 2.50. The van der Waals surface area contributed by atoms with E-state index in [1.54, 1.807) is 6.92 Å². The Bertz CT molecular complexity index is 371. The van der Waals surface area contributed by atoms with Crippen LogP contribution in [0.15, 0.2) is 6.20 Å². The summed E-state index contributed by atoms with van der Waals surface area (Å²) < 4.78 is 1.27. The molecule has 0 radical (unpaired) electrons. The number of nitrogens with one attached hydrogen (secondary N) is 1. The fourth-order valence-electron chi connectivity index (χ4n) is 0.923. The Labute approximate surface area is 85.6 Å². The molecular formula is C7H12N6O2.